The maximum atomic E-state index is 10.5. The van der Waals surface area contributed by atoms with Crippen molar-refractivity contribution in [3.63, 3.8) is 0 Å². The van der Waals surface area contributed by atoms with Crippen molar-refractivity contribution in [2.24, 2.45) is 0 Å². The molecule has 0 spiro atoms. The van der Waals surface area contributed by atoms with Crippen molar-refractivity contribution in [1.29, 1.82) is 5.26 Å². The highest BCUT2D eigenvalue weighted by Crippen LogP contribution is 2.14. The van der Waals surface area contributed by atoms with Crippen LogP contribution < -0.4 is 9.84 Å². The summed E-state index contributed by atoms with van der Waals surface area (Å²) in [6, 6.07) is 8.32. The molecule has 0 aromatic heterocycles. The second kappa shape index (κ2) is 5.56. The lowest BCUT2D eigenvalue weighted by Gasteiger charge is -2.03. The second-order valence-corrected chi connectivity index (χ2v) is 2.96. The molecule has 0 amide bonds. The monoisotopic (exact) mass is 216 g/mol. The van der Waals surface area contributed by atoms with Crippen LogP contribution in [-0.2, 0) is 4.79 Å². The number of carboxylic acids is 1. The third kappa shape index (κ3) is 3.14. The van der Waals surface area contributed by atoms with Gasteiger partial charge in [-0.25, -0.2) is 0 Å². The Labute approximate surface area is 93.4 Å². The number of hydrogen-bond acceptors (Lipinski definition) is 4. The van der Waals surface area contributed by atoms with E-state index in [0.29, 0.717) is 17.9 Å². The zero-order chi connectivity index (χ0) is 12.0. The fourth-order valence-electron chi connectivity index (χ4n) is 1.13. The Hall–Kier alpha value is -2.28. The van der Waals surface area contributed by atoms with Gasteiger partial charge in [-0.15, -0.1) is 0 Å². The zero-order valence-electron chi connectivity index (χ0n) is 8.77. The van der Waals surface area contributed by atoms with Crippen LogP contribution in [0.4, 0.5) is 0 Å². The van der Waals surface area contributed by atoms with Crippen LogP contribution in [0.1, 0.15) is 12.5 Å². The molecule has 4 nitrogen and oxygen atoms in total. The molecule has 0 aliphatic heterocycles. The van der Waals surface area contributed by atoms with Crippen LogP contribution in [0.25, 0.3) is 6.08 Å². The molecule has 4 heteroatoms. The maximum absolute atomic E-state index is 10.5. The number of nitriles is 1. The minimum absolute atomic E-state index is 0.399. The molecule has 0 aliphatic rings. The fourth-order valence-corrected chi connectivity index (χ4v) is 1.13. The lowest BCUT2D eigenvalue weighted by Crippen LogP contribution is -2.23. The predicted molar refractivity (Wildman–Crippen MR) is 56.2 cm³/mol. The molecular formula is C12H10NO3-. The Kier molecular flexibility index (Phi) is 4.10. The maximum Gasteiger partial charge on any atom is 0.119 e. The molecule has 0 unspecified atom stereocenters. The lowest BCUT2D eigenvalue weighted by molar-refractivity contribution is -0.298. The predicted octanol–water partition coefficient (Wildman–Crippen LogP) is 0.742. The molecule has 0 N–H and O–H groups in total. The van der Waals surface area contributed by atoms with E-state index in [1.807, 2.05) is 6.92 Å². The molecule has 82 valence electrons. The van der Waals surface area contributed by atoms with E-state index >= 15 is 0 Å². The number of benzene rings is 1. The quantitative estimate of drug-likeness (QED) is 0.549. The van der Waals surface area contributed by atoms with Gasteiger partial charge in [-0.05, 0) is 30.7 Å². The molecule has 1 aromatic rings. The molecule has 0 bridgehead atoms. The van der Waals surface area contributed by atoms with Crippen molar-refractivity contribution >= 4 is 12.0 Å². The molecule has 0 saturated carbocycles. The summed E-state index contributed by atoms with van der Waals surface area (Å²) in [7, 11) is 0. The largest absolute Gasteiger partial charge is 0.544 e. The van der Waals surface area contributed by atoms with Crippen LogP contribution in [-0.4, -0.2) is 12.6 Å². The Morgan fingerprint density at radius 1 is 1.50 bits per heavy atom. The highest BCUT2D eigenvalue weighted by atomic mass is 16.5. The van der Waals surface area contributed by atoms with Crippen molar-refractivity contribution in [2.45, 2.75) is 6.92 Å². The molecule has 16 heavy (non-hydrogen) atoms. The first-order chi connectivity index (χ1) is 7.67. The molecule has 0 heterocycles. The number of carboxylic acid groups (broad SMARTS) is 1. The number of carbonyl (C=O) groups is 1. The Balaban J connectivity index is 2.90. The van der Waals surface area contributed by atoms with Crippen molar-refractivity contribution in [1.82, 2.24) is 0 Å². The van der Waals surface area contributed by atoms with E-state index in [-0.39, 0.29) is 0 Å². The first kappa shape index (κ1) is 11.8. The van der Waals surface area contributed by atoms with Crippen LogP contribution in [0.15, 0.2) is 29.8 Å². The van der Waals surface area contributed by atoms with Gasteiger partial charge in [0.2, 0.25) is 0 Å². The lowest BCUT2D eigenvalue weighted by atomic mass is 10.1. The first-order valence-electron chi connectivity index (χ1n) is 4.73. The number of hydrogen-bond donors (Lipinski definition) is 0. The summed E-state index contributed by atoms with van der Waals surface area (Å²) in [5.74, 6) is -0.775. The van der Waals surface area contributed by atoms with E-state index in [1.54, 1.807) is 30.3 Å². The fraction of sp³-hybridized carbons (Fsp3) is 0.167. The normalized spacial score (nSPS) is 10.6. The summed E-state index contributed by atoms with van der Waals surface area (Å²) >= 11 is 0. The average molecular weight is 216 g/mol. The molecular weight excluding hydrogens is 206 g/mol. The summed E-state index contributed by atoms with van der Waals surface area (Å²) in [6.45, 7) is 2.44. The molecule has 0 aliphatic carbocycles. The van der Waals surface area contributed by atoms with Crippen LogP contribution in [0.3, 0.4) is 0 Å². The van der Waals surface area contributed by atoms with Crippen molar-refractivity contribution in [2.75, 3.05) is 6.61 Å². The van der Waals surface area contributed by atoms with Gasteiger partial charge in [-0.3, -0.25) is 0 Å². The minimum Gasteiger partial charge on any atom is -0.544 e. The molecule has 0 fully saturated rings. The van der Waals surface area contributed by atoms with Crippen molar-refractivity contribution < 1.29 is 14.6 Å². The van der Waals surface area contributed by atoms with Gasteiger partial charge in [-0.2, -0.15) is 5.26 Å². The number of ether oxygens (including phenoxy) is 1. The van der Waals surface area contributed by atoms with E-state index in [2.05, 4.69) is 0 Å². The van der Waals surface area contributed by atoms with Gasteiger partial charge < -0.3 is 14.6 Å². The van der Waals surface area contributed by atoms with Crippen LogP contribution in [0.5, 0.6) is 5.75 Å². The summed E-state index contributed by atoms with van der Waals surface area (Å²) < 4.78 is 5.23. The molecule has 0 radical (unpaired) electrons. The molecule has 1 rings (SSSR count). The van der Waals surface area contributed by atoms with E-state index in [4.69, 9.17) is 10.00 Å². The van der Waals surface area contributed by atoms with Crippen molar-refractivity contribution in [3.8, 4) is 11.8 Å². The number of aliphatic carboxylic acids is 1. The third-order valence-corrected chi connectivity index (χ3v) is 1.84. The highest BCUT2D eigenvalue weighted by molar-refractivity contribution is 5.95. The van der Waals surface area contributed by atoms with Crippen LogP contribution in [0.2, 0.25) is 0 Å². The average Bonchev–Trinajstić information content (AvgIpc) is 2.28. The van der Waals surface area contributed by atoms with Crippen molar-refractivity contribution in [3.05, 3.63) is 35.4 Å². The smallest absolute Gasteiger partial charge is 0.119 e. The van der Waals surface area contributed by atoms with E-state index in [9.17, 15) is 9.90 Å². The van der Waals surface area contributed by atoms with Gasteiger partial charge in [0.05, 0.1) is 18.1 Å². The Morgan fingerprint density at radius 2 is 2.12 bits per heavy atom. The minimum atomic E-state index is -1.48. The molecule has 1 aromatic carbocycles. The van der Waals surface area contributed by atoms with Gasteiger partial charge >= 0.3 is 0 Å². The van der Waals surface area contributed by atoms with E-state index in [1.165, 1.54) is 6.08 Å². The van der Waals surface area contributed by atoms with Gasteiger partial charge in [-0.1, -0.05) is 12.1 Å². The summed E-state index contributed by atoms with van der Waals surface area (Å²) in [5, 5.41) is 19.0. The zero-order valence-corrected chi connectivity index (χ0v) is 8.77. The Bertz CT molecular complexity index is 440. The number of carbonyl (C=O) groups excluding carboxylic acids is 1. The van der Waals surface area contributed by atoms with Gasteiger partial charge in [0, 0.05) is 0 Å². The summed E-state index contributed by atoms with van der Waals surface area (Å²) in [6.07, 6.45) is 1.26. The van der Waals surface area contributed by atoms with Crippen LogP contribution >= 0.6 is 0 Å². The van der Waals surface area contributed by atoms with E-state index < -0.39 is 11.5 Å². The van der Waals surface area contributed by atoms with Gasteiger partial charge in [0.15, 0.2) is 0 Å². The standard InChI is InChI=1S/C12H11NO3/c1-2-16-11-5-3-9(4-6-11)7-10(8-13)12(14)15/h3-7H,2H2,1H3,(H,14,15)/p-1/b10-7-. The summed E-state index contributed by atoms with van der Waals surface area (Å²) in [4.78, 5) is 10.5. The SMILES string of the molecule is CCOc1ccc(/C=C(/C#N)C(=O)[O-])cc1. The Morgan fingerprint density at radius 3 is 2.56 bits per heavy atom. The summed E-state index contributed by atoms with van der Waals surface area (Å²) in [5.41, 5.74) is 0.216. The van der Waals surface area contributed by atoms with Crippen LogP contribution in [0, 0.1) is 11.3 Å². The number of rotatable bonds is 4. The molecule has 0 atom stereocenters. The first-order valence-corrected chi connectivity index (χ1v) is 4.73. The van der Waals surface area contributed by atoms with Gasteiger partial charge in [0.25, 0.3) is 0 Å². The second-order valence-electron chi connectivity index (χ2n) is 2.96. The third-order valence-electron chi connectivity index (χ3n) is 1.84. The number of nitrogens with zero attached hydrogens (tertiary/aromatic N) is 1. The van der Waals surface area contributed by atoms with E-state index in [0.717, 1.165) is 0 Å². The van der Waals surface area contributed by atoms with Gasteiger partial charge in [0.1, 0.15) is 11.8 Å². The highest BCUT2D eigenvalue weighted by Gasteiger charge is 1.97. The topological polar surface area (TPSA) is 73.1 Å². The molecule has 0 saturated heterocycles.